The van der Waals surface area contributed by atoms with Crippen molar-refractivity contribution in [1.82, 2.24) is 0 Å². The van der Waals surface area contributed by atoms with Gasteiger partial charge in [0, 0.05) is 15.4 Å². The molecule has 1 saturated carbocycles. The van der Waals surface area contributed by atoms with Crippen LogP contribution in [0.1, 0.15) is 38.2 Å². The second kappa shape index (κ2) is 4.86. The smallest absolute Gasteiger partial charge is 0.143 e. The quantitative estimate of drug-likeness (QED) is 0.767. The van der Waals surface area contributed by atoms with Crippen LogP contribution in [-0.4, -0.2) is 5.78 Å². The summed E-state index contributed by atoms with van der Waals surface area (Å²) in [7, 11) is 0. The zero-order chi connectivity index (χ0) is 11.6. The van der Waals surface area contributed by atoms with Gasteiger partial charge in [-0.25, -0.2) is 0 Å². The Kier molecular flexibility index (Phi) is 3.67. The number of Topliss-reactive ketones (excluding diaryl/α,β-unsaturated/α-hetero) is 1. The minimum absolute atomic E-state index is 0.0387. The minimum Gasteiger partial charge on any atom is -0.299 e. The lowest BCUT2D eigenvalue weighted by molar-refractivity contribution is -0.126. The zero-order valence-corrected chi connectivity index (χ0v) is 11.8. The van der Waals surface area contributed by atoms with Crippen LogP contribution < -0.4 is 0 Å². The van der Waals surface area contributed by atoms with E-state index >= 15 is 0 Å². The van der Waals surface area contributed by atoms with E-state index in [0.717, 1.165) is 18.4 Å². The molecule has 0 aliphatic heterocycles. The first kappa shape index (κ1) is 12.1. The molecule has 1 nitrogen and oxygen atoms in total. The number of hydrogen-bond donors (Lipinski definition) is 0. The Bertz CT molecular complexity index is 374. The number of ketones is 1. The summed E-state index contributed by atoms with van der Waals surface area (Å²) in [6.07, 6.45) is 5.20. The molecule has 0 saturated heterocycles. The minimum atomic E-state index is -0.0387. The number of hydrogen-bond acceptors (Lipinski definition) is 1. The molecule has 0 unspecified atom stereocenters. The first-order valence-corrected chi connectivity index (χ1v) is 6.96. The summed E-state index contributed by atoms with van der Waals surface area (Å²) >= 11 is 2.29. The fourth-order valence-electron chi connectivity index (χ4n) is 2.44. The van der Waals surface area contributed by atoms with E-state index in [1.807, 2.05) is 0 Å². The maximum atomic E-state index is 12.2. The molecule has 1 fully saturated rings. The van der Waals surface area contributed by atoms with Crippen molar-refractivity contribution in [2.45, 2.75) is 39.0 Å². The lowest BCUT2D eigenvalue weighted by Crippen LogP contribution is -2.25. The van der Waals surface area contributed by atoms with Crippen LogP contribution >= 0.6 is 22.6 Å². The molecule has 16 heavy (non-hydrogen) atoms. The first-order valence-electron chi connectivity index (χ1n) is 5.88. The van der Waals surface area contributed by atoms with Crippen LogP contribution in [0.3, 0.4) is 0 Å². The van der Waals surface area contributed by atoms with Crippen LogP contribution in [0.25, 0.3) is 0 Å². The summed E-state index contributed by atoms with van der Waals surface area (Å²) in [4.78, 5) is 12.2. The molecule has 1 aliphatic carbocycles. The highest BCUT2D eigenvalue weighted by molar-refractivity contribution is 14.1. The van der Waals surface area contributed by atoms with Gasteiger partial charge in [0.2, 0.25) is 0 Å². The molecular weight excluding hydrogens is 311 g/mol. The van der Waals surface area contributed by atoms with Gasteiger partial charge in [-0.3, -0.25) is 4.79 Å². The Morgan fingerprint density at radius 2 is 1.81 bits per heavy atom. The van der Waals surface area contributed by atoms with Gasteiger partial charge >= 0.3 is 0 Å². The third kappa shape index (κ3) is 2.65. The van der Waals surface area contributed by atoms with Gasteiger partial charge in [-0.15, -0.1) is 0 Å². The lowest BCUT2D eigenvalue weighted by Gasteiger charge is -2.21. The molecule has 86 valence electrons. The van der Waals surface area contributed by atoms with Crippen LogP contribution in [0.5, 0.6) is 0 Å². The van der Waals surface area contributed by atoms with Gasteiger partial charge in [-0.1, -0.05) is 31.9 Å². The molecule has 0 N–H and O–H groups in total. The summed E-state index contributed by atoms with van der Waals surface area (Å²) in [6.45, 7) is 2.13. The Balaban J connectivity index is 2.04. The van der Waals surface area contributed by atoms with E-state index in [0.29, 0.717) is 12.2 Å². The Morgan fingerprint density at radius 1 is 1.25 bits per heavy atom. The monoisotopic (exact) mass is 328 g/mol. The van der Waals surface area contributed by atoms with Gasteiger partial charge in [0.1, 0.15) is 5.78 Å². The first-order chi connectivity index (χ1) is 7.60. The molecule has 0 atom stereocenters. The predicted octanol–water partition coefficient (Wildman–Crippen LogP) is 3.98. The summed E-state index contributed by atoms with van der Waals surface area (Å²) in [5.41, 5.74) is 1.11. The van der Waals surface area contributed by atoms with Crippen molar-refractivity contribution in [2.75, 3.05) is 0 Å². The summed E-state index contributed by atoms with van der Waals surface area (Å²) in [5, 5.41) is 0. The third-order valence-corrected chi connectivity index (χ3v) is 4.38. The molecule has 0 amide bonds. The van der Waals surface area contributed by atoms with E-state index < -0.39 is 0 Å². The van der Waals surface area contributed by atoms with E-state index in [9.17, 15) is 4.79 Å². The van der Waals surface area contributed by atoms with Crippen molar-refractivity contribution < 1.29 is 4.79 Å². The van der Waals surface area contributed by atoms with Crippen LogP contribution in [0, 0.1) is 8.99 Å². The maximum absolute atomic E-state index is 12.2. The lowest BCUT2D eigenvalue weighted by atomic mass is 9.81. The average Bonchev–Trinajstić information content (AvgIpc) is 2.70. The van der Waals surface area contributed by atoms with E-state index in [-0.39, 0.29) is 5.41 Å². The van der Waals surface area contributed by atoms with E-state index in [1.54, 1.807) is 0 Å². The van der Waals surface area contributed by atoms with Gasteiger partial charge in [0.05, 0.1) is 0 Å². The van der Waals surface area contributed by atoms with Crippen molar-refractivity contribution in [3.05, 3.63) is 33.4 Å². The van der Waals surface area contributed by atoms with Crippen molar-refractivity contribution in [3.8, 4) is 0 Å². The molecule has 0 heterocycles. The molecule has 1 aromatic rings. The number of rotatable bonds is 3. The van der Waals surface area contributed by atoms with Crippen molar-refractivity contribution in [3.63, 3.8) is 0 Å². The molecule has 0 radical (unpaired) electrons. The normalized spacial score (nSPS) is 18.6. The van der Waals surface area contributed by atoms with Gasteiger partial charge in [0.15, 0.2) is 0 Å². The second-order valence-electron chi connectivity index (χ2n) is 4.99. The highest BCUT2D eigenvalue weighted by Crippen LogP contribution is 2.39. The number of carbonyl (C=O) groups is 1. The van der Waals surface area contributed by atoms with Crippen LogP contribution in [0.15, 0.2) is 24.3 Å². The largest absolute Gasteiger partial charge is 0.299 e. The topological polar surface area (TPSA) is 17.1 Å². The van der Waals surface area contributed by atoms with Gasteiger partial charge in [-0.2, -0.15) is 0 Å². The van der Waals surface area contributed by atoms with E-state index in [4.69, 9.17) is 0 Å². The summed E-state index contributed by atoms with van der Waals surface area (Å²) < 4.78 is 1.22. The summed E-state index contributed by atoms with van der Waals surface area (Å²) in [6, 6.07) is 8.27. The SMILES string of the molecule is CC1(C(=O)Cc2ccc(I)cc2)CCCC1. The number of benzene rings is 1. The Labute approximate surface area is 111 Å². The van der Waals surface area contributed by atoms with Crippen LogP contribution in [-0.2, 0) is 11.2 Å². The highest BCUT2D eigenvalue weighted by atomic mass is 127. The third-order valence-electron chi connectivity index (χ3n) is 3.66. The second-order valence-corrected chi connectivity index (χ2v) is 6.24. The number of halogens is 1. The average molecular weight is 328 g/mol. The molecule has 0 spiro atoms. The van der Waals surface area contributed by atoms with Gasteiger partial charge in [0.25, 0.3) is 0 Å². The Hall–Kier alpha value is -0.380. The van der Waals surface area contributed by atoms with Crippen molar-refractivity contribution >= 4 is 28.4 Å². The molecular formula is C14H17IO. The number of carbonyl (C=O) groups excluding carboxylic acids is 1. The van der Waals surface area contributed by atoms with E-state index in [1.165, 1.54) is 16.4 Å². The molecule has 1 aliphatic rings. The van der Waals surface area contributed by atoms with Gasteiger partial charge < -0.3 is 0 Å². The molecule has 0 bridgehead atoms. The molecule has 2 heteroatoms. The molecule has 2 rings (SSSR count). The maximum Gasteiger partial charge on any atom is 0.143 e. The predicted molar refractivity (Wildman–Crippen MR) is 74.4 cm³/mol. The fourth-order valence-corrected chi connectivity index (χ4v) is 2.79. The van der Waals surface area contributed by atoms with E-state index in [2.05, 4.69) is 53.8 Å². The molecule has 0 aromatic heterocycles. The highest BCUT2D eigenvalue weighted by Gasteiger charge is 2.35. The Morgan fingerprint density at radius 3 is 2.38 bits per heavy atom. The summed E-state index contributed by atoms with van der Waals surface area (Å²) in [5.74, 6) is 0.422. The van der Waals surface area contributed by atoms with Crippen molar-refractivity contribution in [1.29, 1.82) is 0 Å². The standard InChI is InChI=1S/C14H17IO/c1-14(8-2-3-9-14)13(16)10-11-4-6-12(15)7-5-11/h4-7H,2-3,8-10H2,1H3. The van der Waals surface area contributed by atoms with Crippen LogP contribution in [0.2, 0.25) is 0 Å². The van der Waals surface area contributed by atoms with Gasteiger partial charge in [-0.05, 0) is 53.1 Å². The van der Waals surface area contributed by atoms with Crippen molar-refractivity contribution in [2.24, 2.45) is 5.41 Å². The zero-order valence-electron chi connectivity index (χ0n) is 9.63. The molecule has 1 aromatic carbocycles. The van der Waals surface area contributed by atoms with Crippen LogP contribution in [0.4, 0.5) is 0 Å². The fraction of sp³-hybridized carbons (Fsp3) is 0.500.